The van der Waals surface area contributed by atoms with E-state index in [1.165, 1.54) is 17.5 Å². The van der Waals surface area contributed by atoms with Gasteiger partial charge in [-0.25, -0.2) is 9.97 Å². The van der Waals surface area contributed by atoms with E-state index in [-0.39, 0.29) is 0 Å². The zero-order chi connectivity index (χ0) is 17.8. The van der Waals surface area contributed by atoms with Crippen LogP contribution < -0.4 is 21.1 Å². The molecule has 6 nitrogen and oxygen atoms in total. The number of hydrogen-bond donors (Lipinski definition) is 3. The van der Waals surface area contributed by atoms with Crippen LogP contribution >= 0.6 is 0 Å². The summed E-state index contributed by atoms with van der Waals surface area (Å²) >= 11 is 0. The number of nitrogens with one attached hydrogen (secondary N) is 2. The van der Waals surface area contributed by atoms with Crippen molar-refractivity contribution in [3.05, 3.63) is 59.9 Å². The molecule has 0 spiro atoms. The van der Waals surface area contributed by atoms with Crippen LogP contribution in [0, 0.1) is 13.8 Å². The maximum atomic E-state index is 6.24. The molecule has 0 fully saturated rings. The Labute approximate surface area is 147 Å². The molecule has 128 valence electrons. The first-order valence-electron chi connectivity index (χ1n) is 7.92. The van der Waals surface area contributed by atoms with E-state index in [1.54, 1.807) is 7.11 Å². The molecule has 0 amide bonds. The Bertz CT molecular complexity index is 895. The summed E-state index contributed by atoms with van der Waals surface area (Å²) in [4.78, 5) is 8.48. The van der Waals surface area contributed by atoms with E-state index in [0.29, 0.717) is 17.3 Å². The second-order valence-corrected chi connectivity index (χ2v) is 5.77. The molecule has 0 saturated heterocycles. The van der Waals surface area contributed by atoms with Gasteiger partial charge in [0.25, 0.3) is 0 Å². The molecule has 1 heterocycles. The maximum absolute atomic E-state index is 6.24. The summed E-state index contributed by atoms with van der Waals surface area (Å²) < 4.78 is 5.23. The van der Waals surface area contributed by atoms with E-state index in [1.807, 2.05) is 30.3 Å². The number of aromatic nitrogens is 2. The number of nitrogens with two attached hydrogens (primary N) is 1. The molecule has 25 heavy (non-hydrogen) atoms. The average molecular weight is 335 g/mol. The van der Waals surface area contributed by atoms with Gasteiger partial charge in [-0.15, -0.1) is 0 Å². The molecule has 3 aromatic rings. The average Bonchev–Trinajstić information content (AvgIpc) is 2.62. The third-order valence-corrected chi connectivity index (χ3v) is 3.99. The minimum atomic E-state index is 0.448. The van der Waals surface area contributed by atoms with Crippen molar-refractivity contribution < 1.29 is 4.74 Å². The number of methoxy groups -OCH3 is 1. The number of rotatable bonds is 5. The molecule has 0 unspecified atom stereocenters. The van der Waals surface area contributed by atoms with Crippen molar-refractivity contribution in [1.29, 1.82) is 0 Å². The normalized spacial score (nSPS) is 10.4. The van der Waals surface area contributed by atoms with Crippen molar-refractivity contribution in [2.75, 3.05) is 23.5 Å². The number of nitrogen functional groups attached to an aromatic ring is 1. The highest BCUT2D eigenvalue weighted by Gasteiger charge is 2.09. The second-order valence-electron chi connectivity index (χ2n) is 5.77. The summed E-state index contributed by atoms with van der Waals surface area (Å²) in [6.07, 6.45) is 1.47. The Hall–Kier alpha value is -3.28. The molecular formula is C19H21N5O. The number of hydrogen-bond acceptors (Lipinski definition) is 6. The van der Waals surface area contributed by atoms with E-state index >= 15 is 0 Å². The van der Waals surface area contributed by atoms with Gasteiger partial charge < -0.3 is 21.1 Å². The second kappa shape index (κ2) is 7.09. The number of nitrogens with zero attached hydrogens (tertiary/aromatic N) is 2. The Morgan fingerprint density at radius 2 is 1.56 bits per heavy atom. The number of aryl methyl sites for hydroxylation is 2. The van der Waals surface area contributed by atoms with Gasteiger partial charge in [-0.3, -0.25) is 0 Å². The largest absolute Gasteiger partial charge is 0.497 e. The molecule has 4 N–H and O–H groups in total. The Kier molecular flexibility index (Phi) is 4.70. The predicted octanol–water partition coefficient (Wildman–Crippen LogP) is 4.17. The topological polar surface area (TPSA) is 85.1 Å². The van der Waals surface area contributed by atoms with Gasteiger partial charge in [0.05, 0.1) is 7.11 Å². The van der Waals surface area contributed by atoms with Crippen molar-refractivity contribution in [1.82, 2.24) is 9.97 Å². The number of anilines is 5. The van der Waals surface area contributed by atoms with Crippen LogP contribution in [0.3, 0.4) is 0 Å². The van der Waals surface area contributed by atoms with Crippen LogP contribution in [-0.2, 0) is 0 Å². The van der Waals surface area contributed by atoms with Crippen molar-refractivity contribution in [3.8, 4) is 5.75 Å². The van der Waals surface area contributed by atoms with Crippen LogP contribution in [0.25, 0.3) is 0 Å². The first-order chi connectivity index (χ1) is 12.1. The van der Waals surface area contributed by atoms with Crippen molar-refractivity contribution in [2.45, 2.75) is 13.8 Å². The van der Waals surface area contributed by atoms with Crippen LogP contribution in [0.4, 0.5) is 28.7 Å². The minimum absolute atomic E-state index is 0.448. The fraction of sp³-hybridized carbons (Fsp3) is 0.158. The first-order valence-corrected chi connectivity index (χ1v) is 7.92. The van der Waals surface area contributed by atoms with Gasteiger partial charge in [-0.2, -0.15) is 0 Å². The lowest BCUT2D eigenvalue weighted by molar-refractivity contribution is 0.415. The molecule has 0 aliphatic rings. The SMILES string of the molecule is COc1cccc(Nc2ncnc(Nc3ccc(C)c(C)c3)c2N)c1. The van der Waals surface area contributed by atoms with Crippen LogP contribution in [0.15, 0.2) is 48.8 Å². The summed E-state index contributed by atoms with van der Waals surface area (Å²) in [5.74, 6) is 1.85. The van der Waals surface area contributed by atoms with Crippen LogP contribution in [0.1, 0.15) is 11.1 Å². The van der Waals surface area contributed by atoms with Crippen molar-refractivity contribution >= 4 is 28.7 Å². The molecule has 0 bridgehead atoms. The van der Waals surface area contributed by atoms with E-state index in [2.05, 4.69) is 46.6 Å². The van der Waals surface area contributed by atoms with Gasteiger partial charge in [0.15, 0.2) is 11.6 Å². The molecule has 3 rings (SSSR count). The highest BCUT2D eigenvalue weighted by Crippen LogP contribution is 2.29. The van der Waals surface area contributed by atoms with Gasteiger partial charge in [0.2, 0.25) is 0 Å². The third kappa shape index (κ3) is 3.80. The van der Waals surface area contributed by atoms with Gasteiger partial charge in [0, 0.05) is 17.4 Å². The van der Waals surface area contributed by atoms with Gasteiger partial charge in [-0.1, -0.05) is 12.1 Å². The predicted molar refractivity (Wildman–Crippen MR) is 102 cm³/mol. The number of benzene rings is 2. The number of ether oxygens (including phenoxy) is 1. The Balaban J connectivity index is 1.85. The zero-order valence-corrected chi connectivity index (χ0v) is 14.5. The Morgan fingerprint density at radius 3 is 2.20 bits per heavy atom. The van der Waals surface area contributed by atoms with Gasteiger partial charge >= 0.3 is 0 Å². The molecule has 1 aromatic heterocycles. The lowest BCUT2D eigenvalue weighted by Crippen LogP contribution is -2.05. The molecule has 2 aromatic carbocycles. The van der Waals surface area contributed by atoms with E-state index in [4.69, 9.17) is 10.5 Å². The van der Waals surface area contributed by atoms with Crippen molar-refractivity contribution in [3.63, 3.8) is 0 Å². The standard InChI is InChI=1S/C19H21N5O/c1-12-7-8-15(9-13(12)2)24-19-17(20)18(21-11-22-19)23-14-5-4-6-16(10-14)25-3/h4-11H,20H2,1-3H3,(H2,21,22,23,24). The Morgan fingerprint density at radius 1 is 0.880 bits per heavy atom. The quantitative estimate of drug-likeness (QED) is 0.649. The molecule has 0 atom stereocenters. The third-order valence-electron chi connectivity index (χ3n) is 3.99. The molecule has 6 heteroatoms. The smallest absolute Gasteiger partial charge is 0.159 e. The summed E-state index contributed by atoms with van der Waals surface area (Å²) in [6.45, 7) is 4.15. The monoisotopic (exact) mass is 335 g/mol. The summed E-state index contributed by atoms with van der Waals surface area (Å²) in [5.41, 5.74) is 10.9. The van der Waals surface area contributed by atoms with E-state index in [9.17, 15) is 0 Å². The highest BCUT2D eigenvalue weighted by atomic mass is 16.5. The summed E-state index contributed by atoms with van der Waals surface area (Å²) in [5, 5.41) is 6.45. The zero-order valence-electron chi connectivity index (χ0n) is 14.5. The van der Waals surface area contributed by atoms with Crippen LogP contribution in [0.5, 0.6) is 5.75 Å². The lowest BCUT2D eigenvalue weighted by atomic mass is 10.1. The molecular weight excluding hydrogens is 314 g/mol. The van der Waals surface area contributed by atoms with Gasteiger partial charge in [-0.05, 0) is 49.2 Å². The first kappa shape index (κ1) is 16.6. The fourth-order valence-corrected chi connectivity index (χ4v) is 2.39. The molecule has 0 saturated carbocycles. The van der Waals surface area contributed by atoms with Crippen LogP contribution in [-0.4, -0.2) is 17.1 Å². The fourth-order valence-electron chi connectivity index (χ4n) is 2.39. The minimum Gasteiger partial charge on any atom is -0.497 e. The summed E-state index contributed by atoms with van der Waals surface area (Å²) in [7, 11) is 1.63. The maximum Gasteiger partial charge on any atom is 0.159 e. The van der Waals surface area contributed by atoms with E-state index in [0.717, 1.165) is 17.1 Å². The molecule has 0 radical (unpaired) electrons. The summed E-state index contributed by atoms with van der Waals surface area (Å²) in [6, 6.07) is 13.7. The molecule has 0 aliphatic carbocycles. The van der Waals surface area contributed by atoms with Crippen molar-refractivity contribution in [2.24, 2.45) is 0 Å². The lowest BCUT2D eigenvalue weighted by Gasteiger charge is -2.13. The van der Waals surface area contributed by atoms with Gasteiger partial charge in [0.1, 0.15) is 17.8 Å². The van der Waals surface area contributed by atoms with Crippen LogP contribution in [0.2, 0.25) is 0 Å². The highest BCUT2D eigenvalue weighted by molar-refractivity contribution is 5.80. The van der Waals surface area contributed by atoms with E-state index < -0.39 is 0 Å². The molecule has 0 aliphatic heterocycles.